The van der Waals surface area contributed by atoms with E-state index in [1.807, 2.05) is 6.07 Å². The van der Waals surface area contributed by atoms with Crippen molar-refractivity contribution in [3.05, 3.63) is 23.3 Å². The third kappa shape index (κ3) is 4.17. The first-order valence-corrected chi connectivity index (χ1v) is 10.4. The molecule has 0 bridgehead atoms. The summed E-state index contributed by atoms with van der Waals surface area (Å²) in [6, 6.07) is 1.89. The van der Waals surface area contributed by atoms with Crippen molar-refractivity contribution in [1.82, 2.24) is 18.9 Å². The molecular weight excluding hydrogens is 378 g/mol. The van der Waals surface area contributed by atoms with Crippen LogP contribution in [0.15, 0.2) is 6.20 Å². The van der Waals surface area contributed by atoms with E-state index in [1.165, 1.54) is 15.0 Å². The van der Waals surface area contributed by atoms with Crippen molar-refractivity contribution in [2.45, 2.75) is 37.8 Å². The maximum Gasteiger partial charge on any atom is 0.238 e. The lowest BCUT2D eigenvalue weighted by molar-refractivity contribution is 0.203. The van der Waals surface area contributed by atoms with Crippen LogP contribution in [-0.2, 0) is 10.0 Å². The van der Waals surface area contributed by atoms with Crippen molar-refractivity contribution in [1.29, 1.82) is 5.26 Å². The van der Waals surface area contributed by atoms with Gasteiger partial charge in [0.1, 0.15) is 23.3 Å². The van der Waals surface area contributed by atoms with Gasteiger partial charge in [-0.3, -0.25) is 0 Å². The molecule has 8 nitrogen and oxygen atoms in total. The number of aromatic nitrogens is 3. The lowest BCUT2D eigenvalue weighted by atomic mass is 10.1. The van der Waals surface area contributed by atoms with Crippen LogP contribution >= 0.6 is 0 Å². The second kappa shape index (κ2) is 7.36. The van der Waals surface area contributed by atoms with Gasteiger partial charge in [-0.15, -0.1) is 5.10 Å². The van der Waals surface area contributed by atoms with E-state index in [9.17, 15) is 17.2 Å². The largest absolute Gasteiger partial charge is 0.367 e. The summed E-state index contributed by atoms with van der Waals surface area (Å²) in [4.78, 5) is 3.73. The maximum atomic E-state index is 13.8. The molecule has 0 amide bonds. The van der Waals surface area contributed by atoms with Gasteiger partial charge in [0, 0.05) is 19.0 Å². The zero-order chi connectivity index (χ0) is 19.8. The minimum atomic E-state index is -3.17. The Morgan fingerprint density at radius 3 is 2.59 bits per heavy atom. The van der Waals surface area contributed by atoms with Crippen molar-refractivity contribution in [3.8, 4) is 6.07 Å². The summed E-state index contributed by atoms with van der Waals surface area (Å²) in [5.74, 6) is -0.251. The van der Waals surface area contributed by atoms with Gasteiger partial charge in [0.25, 0.3) is 0 Å². The van der Waals surface area contributed by atoms with Gasteiger partial charge in [0.05, 0.1) is 18.1 Å². The molecule has 2 aromatic rings. The number of piperidine rings is 1. The fraction of sp³-hybridized carbons (Fsp3) is 0.562. The molecule has 2 N–H and O–H groups in total. The third-order valence-electron chi connectivity index (χ3n) is 4.55. The van der Waals surface area contributed by atoms with Crippen molar-refractivity contribution < 1.29 is 17.2 Å². The van der Waals surface area contributed by atoms with Gasteiger partial charge in [-0.25, -0.2) is 26.7 Å². The van der Waals surface area contributed by atoms with Gasteiger partial charge < -0.3 is 5.73 Å². The Balaban J connectivity index is 0.000000168. The molecule has 0 spiro atoms. The Labute approximate surface area is 155 Å². The second-order valence-corrected chi connectivity index (χ2v) is 8.72. The molecule has 1 atom stereocenters. The minimum Gasteiger partial charge on any atom is -0.367 e. The lowest BCUT2D eigenvalue weighted by Gasteiger charge is -2.26. The third-order valence-corrected chi connectivity index (χ3v) is 5.82. The van der Waals surface area contributed by atoms with Crippen LogP contribution in [-0.4, -0.2) is 52.8 Å². The maximum absolute atomic E-state index is 13.8. The molecule has 4 rings (SSSR count). The van der Waals surface area contributed by atoms with Gasteiger partial charge in [0.15, 0.2) is 5.82 Å². The van der Waals surface area contributed by atoms with E-state index in [4.69, 9.17) is 11.0 Å². The van der Waals surface area contributed by atoms with Crippen LogP contribution in [0.2, 0.25) is 0 Å². The molecule has 146 valence electrons. The van der Waals surface area contributed by atoms with Crippen LogP contribution in [0.1, 0.15) is 42.9 Å². The van der Waals surface area contributed by atoms with E-state index in [-0.39, 0.29) is 29.5 Å². The highest BCUT2D eigenvalue weighted by Crippen LogP contribution is 2.43. The first-order valence-electron chi connectivity index (χ1n) is 8.54. The Hall–Kier alpha value is -2.32. The molecule has 1 saturated heterocycles. The predicted octanol–water partition coefficient (Wildman–Crippen LogP) is 1.58. The number of nitrogens with two attached hydrogens (primary N) is 1. The standard InChI is InChI=1S/C10H8FN5.C6H12FNO2S/c11-8-6(3-12)9(5-1-2-5)16-7(8)4-14-10(13)15-16;1-11(9,10)8-4-2-3-6(7)5-8/h4-5H,1-2H2,(H2,13,15);6H,2-5H2,1H3. The quantitative estimate of drug-likeness (QED) is 0.821. The first-order chi connectivity index (χ1) is 12.7. The van der Waals surface area contributed by atoms with Crippen LogP contribution in [0.4, 0.5) is 14.7 Å². The van der Waals surface area contributed by atoms with Gasteiger partial charge in [0.2, 0.25) is 16.0 Å². The number of anilines is 1. The summed E-state index contributed by atoms with van der Waals surface area (Å²) >= 11 is 0. The molecular formula is C16H20F2N6O2S. The topological polar surface area (TPSA) is 117 Å². The van der Waals surface area contributed by atoms with Gasteiger partial charge in [-0.2, -0.15) is 9.57 Å². The Kier molecular flexibility index (Phi) is 5.30. The monoisotopic (exact) mass is 398 g/mol. The van der Waals surface area contributed by atoms with Crippen molar-refractivity contribution in [3.63, 3.8) is 0 Å². The molecule has 27 heavy (non-hydrogen) atoms. The highest BCUT2D eigenvalue weighted by atomic mass is 32.2. The first kappa shape index (κ1) is 19.4. The van der Waals surface area contributed by atoms with Gasteiger partial charge in [-0.1, -0.05) is 0 Å². The zero-order valence-electron chi connectivity index (χ0n) is 14.8. The summed E-state index contributed by atoms with van der Waals surface area (Å²) in [6.45, 7) is 0.512. The molecule has 11 heteroatoms. The smallest absolute Gasteiger partial charge is 0.238 e. The highest BCUT2D eigenvalue weighted by Gasteiger charge is 2.33. The minimum absolute atomic E-state index is 0.0405. The number of alkyl halides is 1. The Morgan fingerprint density at radius 2 is 2.07 bits per heavy atom. The van der Waals surface area contributed by atoms with E-state index in [0.717, 1.165) is 19.1 Å². The number of nitrogens with zero attached hydrogens (tertiary/aromatic N) is 5. The predicted molar refractivity (Wildman–Crippen MR) is 94.6 cm³/mol. The SMILES string of the molecule is CS(=O)(=O)N1CCCC(F)C1.N#Cc1c(F)c2cnc(N)nn2c1C1CC1. The summed E-state index contributed by atoms with van der Waals surface area (Å²) in [7, 11) is -3.17. The molecule has 1 aliphatic carbocycles. The molecule has 2 aromatic heterocycles. The number of rotatable bonds is 2. The van der Waals surface area contributed by atoms with E-state index in [2.05, 4.69) is 10.1 Å². The van der Waals surface area contributed by atoms with E-state index in [1.54, 1.807) is 0 Å². The average Bonchev–Trinajstić information content (AvgIpc) is 3.40. The number of hydrogen-bond acceptors (Lipinski definition) is 6. The number of fused-ring (bicyclic) bond motifs is 1. The highest BCUT2D eigenvalue weighted by molar-refractivity contribution is 7.88. The number of halogens is 2. The second-order valence-electron chi connectivity index (χ2n) is 6.73. The molecule has 2 aliphatic rings. The zero-order valence-corrected chi connectivity index (χ0v) is 15.6. The lowest BCUT2D eigenvalue weighted by Crippen LogP contribution is -2.39. The molecule has 1 unspecified atom stereocenters. The van der Waals surface area contributed by atoms with Crippen molar-refractivity contribution in [2.75, 3.05) is 25.1 Å². The molecule has 1 saturated carbocycles. The van der Waals surface area contributed by atoms with Gasteiger partial charge >= 0.3 is 0 Å². The van der Waals surface area contributed by atoms with Crippen molar-refractivity contribution in [2.24, 2.45) is 0 Å². The number of nitrogen functional groups attached to an aromatic ring is 1. The van der Waals surface area contributed by atoms with E-state index < -0.39 is 22.0 Å². The fourth-order valence-corrected chi connectivity index (χ4v) is 3.97. The molecule has 3 heterocycles. The number of hydrogen-bond donors (Lipinski definition) is 1. The van der Waals surface area contributed by atoms with Crippen LogP contribution in [0.5, 0.6) is 0 Å². The molecule has 0 radical (unpaired) electrons. The molecule has 2 fully saturated rings. The number of sulfonamides is 1. The Morgan fingerprint density at radius 1 is 1.37 bits per heavy atom. The van der Waals surface area contributed by atoms with Crippen molar-refractivity contribution >= 4 is 21.5 Å². The molecule has 1 aliphatic heterocycles. The summed E-state index contributed by atoms with van der Waals surface area (Å²) in [5.41, 5.74) is 6.38. The van der Waals surface area contributed by atoms with E-state index in [0.29, 0.717) is 25.1 Å². The van der Waals surface area contributed by atoms with Crippen LogP contribution in [0.25, 0.3) is 5.52 Å². The summed E-state index contributed by atoms with van der Waals surface area (Å²) < 4.78 is 50.9. The summed E-state index contributed by atoms with van der Waals surface area (Å²) in [6.07, 6.45) is 4.50. The van der Waals surface area contributed by atoms with E-state index >= 15 is 0 Å². The average molecular weight is 398 g/mol. The van der Waals surface area contributed by atoms with Crippen LogP contribution in [0, 0.1) is 17.1 Å². The fourth-order valence-electron chi connectivity index (χ4n) is 3.08. The summed E-state index contributed by atoms with van der Waals surface area (Å²) in [5, 5.41) is 12.9. The molecule has 0 aromatic carbocycles. The Bertz CT molecular complexity index is 996. The number of nitriles is 1. The normalized spacial score (nSPS) is 20.7. The van der Waals surface area contributed by atoms with Crippen LogP contribution < -0.4 is 5.73 Å². The van der Waals surface area contributed by atoms with Gasteiger partial charge in [-0.05, 0) is 25.7 Å². The van der Waals surface area contributed by atoms with Crippen LogP contribution in [0.3, 0.4) is 0 Å².